The fourth-order valence-electron chi connectivity index (χ4n) is 2.83. The molecular formula is C17H29IN4. The maximum absolute atomic E-state index is 6.18. The summed E-state index contributed by atoms with van der Waals surface area (Å²) in [5.41, 5.74) is 7.43. The van der Waals surface area contributed by atoms with Gasteiger partial charge in [0.25, 0.3) is 0 Å². The summed E-state index contributed by atoms with van der Waals surface area (Å²) in [7, 11) is 0. The number of rotatable bonds is 4. The highest BCUT2D eigenvalue weighted by Gasteiger charge is 2.19. The van der Waals surface area contributed by atoms with Crippen LogP contribution < -0.4 is 5.73 Å². The van der Waals surface area contributed by atoms with E-state index in [4.69, 9.17) is 5.73 Å². The van der Waals surface area contributed by atoms with Crippen LogP contribution >= 0.6 is 24.0 Å². The van der Waals surface area contributed by atoms with E-state index in [0.717, 1.165) is 25.6 Å². The van der Waals surface area contributed by atoms with Crippen molar-refractivity contribution in [1.82, 2.24) is 9.88 Å². The molecule has 0 aliphatic carbocycles. The first-order valence-corrected chi connectivity index (χ1v) is 8.02. The molecule has 1 aromatic heterocycles. The number of likely N-dealkylation sites (tertiary alicyclic amines) is 1. The zero-order chi connectivity index (χ0) is 15.2. The van der Waals surface area contributed by atoms with Gasteiger partial charge in [-0.05, 0) is 36.3 Å². The predicted molar refractivity (Wildman–Crippen MR) is 104 cm³/mol. The number of aromatic nitrogens is 1. The molecule has 0 spiro atoms. The maximum Gasteiger partial charge on any atom is 0.191 e. The SMILES string of the molecule is CC1CCN(C(N)=NCC(c2cccnc2)C(C)C)CC1.I. The van der Waals surface area contributed by atoms with Crippen LogP contribution in [0.1, 0.15) is 45.1 Å². The molecule has 2 rings (SSSR count). The molecule has 0 bridgehead atoms. The summed E-state index contributed by atoms with van der Waals surface area (Å²) in [6.07, 6.45) is 6.19. The normalized spacial score (nSPS) is 18.2. The van der Waals surface area contributed by atoms with Crippen molar-refractivity contribution in [3.05, 3.63) is 30.1 Å². The highest BCUT2D eigenvalue weighted by atomic mass is 127. The third-order valence-corrected chi connectivity index (χ3v) is 4.47. The molecule has 1 unspecified atom stereocenters. The number of hydrogen-bond donors (Lipinski definition) is 1. The number of piperidine rings is 1. The molecule has 1 saturated heterocycles. The third-order valence-electron chi connectivity index (χ3n) is 4.47. The summed E-state index contributed by atoms with van der Waals surface area (Å²) in [6, 6.07) is 4.12. The van der Waals surface area contributed by atoms with Gasteiger partial charge in [0.15, 0.2) is 5.96 Å². The van der Waals surface area contributed by atoms with Crippen LogP contribution in [0.2, 0.25) is 0 Å². The third kappa shape index (κ3) is 5.41. The first kappa shape index (κ1) is 19.2. The fourth-order valence-corrected chi connectivity index (χ4v) is 2.83. The van der Waals surface area contributed by atoms with Crippen molar-refractivity contribution in [1.29, 1.82) is 0 Å². The van der Waals surface area contributed by atoms with E-state index in [1.807, 2.05) is 18.5 Å². The lowest BCUT2D eigenvalue weighted by molar-refractivity contribution is 0.277. The average molecular weight is 416 g/mol. The van der Waals surface area contributed by atoms with Gasteiger partial charge in [-0.15, -0.1) is 24.0 Å². The lowest BCUT2D eigenvalue weighted by Gasteiger charge is -2.31. The summed E-state index contributed by atoms with van der Waals surface area (Å²) in [5, 5.41) is 0. The number of hydrogen-bond acceptors (Lipinski definition) is 2. The van der Waals surface area contributed by atoms with Crippen LogP contribution in [0, 0.1) is 11.8 Å². The Morgan fingerprint density at radius 3 is 2.64 bits per heavy atom. The highest BCUT2D eigenvalue weighted by molar-refractivity contribution is 14.0. The second-order valence-corrected chi connectivity index (χ2v) is 6.51. The molecule has 1 aliphatic heterocycles. The number of nitrogens with zero attached hydrogens (tertiary/aromatic N) is 3. The molecular weight excluding hydrogens is 387 g/mol. The van der Waals surface area contributed by atoms with Crippen molar-refractivity contribution in [2.24, 2.45) is 22.6 Å². The van der Waals surface area contributed by atoms with Crippen molar-refractivity contribution in [3.8, 4) is 0 Å². The number of aliphatic imine (C=N–C) groups is 1. The van der Waals surface area contributed by atoms with Gasteiger partial charge in [-0.2, -0.15) is 0 Å². The Kier molecular flexibility index (Phi) is 8.14. The second kappa shape index (κ2) is 9.33. The lowest BCUT2D eigenvalue weighted by atomic mass is 9.89. The van der Waals surface area contributed by atoms with Crippen LogP contribution in [-0.4, -0.2) is 35.5 Å². The lowest BCUT2D eigenvalue weighted by Crippen LogP contribution is -2.42. The van der Waals surface area contributed by atoms with Gasteiger partial charge >= 0.3 is 0 Å². The van der Waals surface area contributed by atoms with Crippen LogP contribution in [-0.2, 0) is 0 Å². The zero-order valence-electron chi connectivity index (χ0n) is 13.9. The Labute approximate surface area is 151 Å². The van der Waals surface area contributed by atoms with Crippen molar-refractivity contribution in [2.75, 3.05) is 19.6 Å². The van der Waals surface area contributed by atoms with E-state index in [1.165, 1.54) is 18.4 Å². The van der Waals surface area contributed by atoms with E-state index in [-0.39, 0.29) is 24.0 Å². The van der Waals surface area contributed by atoms with E-state index >= 15 is 0 Å². The Morgan fingerprint density at radius 1 is 1.41 bits per heavy atom. The molecule has 0 aromatic carbocycles. The van der Waals surface area contributed by atoms with E-state index in [2.05, 4.69) is 41.7 Å². The molecule has 1 atom stereocenters. The Bertz CT molecular complexity index is 453. The van der Waals surface area contributed by atoms with E-state index in [1.54, 1.807) is 0 Å². The van der Waals surface area contributed by atoms with E-state index in [9.17, 15) is 0 Å². The van der Waals surface area contributed by atoms with Crippen LogP contribution in [0.15, 0.2) is 29.5 Å². The van der Waals surface area contributed by atoms with Gasteiger partial charge in [-0.25, -0.2) is 0 Å². The molecule has 2 heterocycles. The first-order valence-electron chi connectivity index (χ1n) is 8.02. The predicted octanol–water partition coefficient (Wildman–Crippen LogP) is 3.49. The molecule has 124 valence electrons. The molecule has 0 amide bonds. The van der Waals surface area contributed by atoms with Crippen molar-refractivity contribution in [3.63, 3.8) is 0 Å². The standard InChI is InChI=1S/C17H28N4.HI/c1-13(2)16(15-5-4-8-19-11-15)12-20-17(18)21-9-6-14(3)7-10-21;/h4-5,8,11,13-14,16H,6-7,9-10,12H2,1-3H3,(H2,18,20);1H. The summed E-state index contributed by atoms with van der Waals surface area (Å²) in [4.78, 5) is 11.1. The Balaban J connectivity index is 0.00000242. The summed E-state index contributed by atoms with van der Waals surface area (Å²) in [6.45, 7) is 9.58. The van der Waals surface area contributed by atoms with Crippen LogP contribution in [0.5, 0.6) is 0 Å². The molecule has 5 heteroatoms. The number of guanidine groups is 1. The quantitative estimate of drug-likeness (QED) is 0.465. The number of halogens is 1. The van der Waals surface area contributed by atoms with Crippen molar-refractivity contribution < 1.29 is 0 Å². The summed E-state index contributed by atoms with van der Waals surface area (Å²) < 4.78 is 0. The first-order chi connectivity index (χ1) is 10.1. The molecule has 22 heavy (non-hydrogen) atoms. The molecule has 0 radical (unpaired) electrons. The number of pyridine rings is 1. The topological polar surface area (TPSA) is 54.5 Å². The monoisotopic (exact) mass is 416 g/mol. The van der Waals surface area contributed by atoms with E-state index in [0.29, 0.717) is 17.8 Å². The zero-order valence-corrected chi connectivity index (χ0v) is 16.2. The maximum atomic E-state index is 6.18. The molecule has 4 nitrogen and oxygen atoms in total. The van der Waals surface area contributed by atoms with Gasteiger partial charge in [0.1, 0.15) is 0 Å². The molecule has 2 N–H and O–H groups in total. The fraction of sp³-hybridized carbons (Fsp3) is 0.647. The minimum absolute atomic E-state index is 0. The summed E-state index contributed by atoms with van der Waals surface area (Å²) in [5.74, 6) is 2.41. The van der Waals surface area contributed by atoms with Gasteiger partial charge in [0, 0.05) is 37.9 Å². The van der Waals surface area contributed by atoms with Crippen LogP contribution in [0.3, 0.4) is 0 Å². The van der Waals surface area contributed by atoms with Gasteiger partial charge in [-0.3, -0.25) is 9.98 Å². The average Bonchev–Trinajstić information content (AvgIpc) is 2.48. The molecule has 1 aliphatic rings. The minimum Gasteiger partial charge on any atom is -0.370 e. The van der Waals surface area contributed by atoms with Crippen LogP contribution in [0.4, 0.5) is 0 Å². The van der Waals surface area contributed by atoms with Gasteiger partial charge in [0.2, 0.25) is 0 Å². The van der Waals surface area contributed by atoms with Crippen molar-refractivity contribution in [2.45, 2.75) is 39.5 Å². The molecule has 1 fully saturated rings. The van der Waals surface area contributed by atoms with Gasteiger partial charge in [0.05, 0.1) is 0 Å². The second-order valence-electron chi connectivity index (χ2n) is 6.51. The molecule has 0 saturated carbocycles. The van der Waals surface area contributed by atoms with Crippen molar-refractivity contribution >= 4 is 29.9 Å². The minimum atomic E-state index is 0. The van der Waals surface area contributed by atoms with Crippen LogP contribution in [0.25, 0.3) is 0 Å². The summed E-state index contributed by atoms with van der Waals surface area (Å²) >= 11 is 0. The smallest absolute Gasteiger partial charge is 0.191 e. The largest absolute Gasteiger partial charge is 0.370 e. The highest BCUT2D eigenvalue weighted by Crippen LogP contribution is 2.24. The Morgan fingerprint density at radius 2 is 2.09 bits per heavy atom. The Hall–Kier alpha value is -0.850. The molecule has 1 aromatic rings. The van der Waals surface area contributed by atoms with E-state index < -0.39 is 0 Å². The van der Waals surface area contributed by atoms with Gasteiger partial charge in [-0.1, -0.05) is 26.8 Å². The van der Waals surface area contributed by atoms with Gasteiger partial charge < -0.3 is 10.6 Å². The number of nitrogens with two attached hydrogens (primary N) is 1.